The molecule has 0 spiro atoms. The van der Waals surface area contributed by atoms with Gasteiger partial charge in [-0.05, 0) is 24.0 Å². The van der Waals surface area contributed by atoms with Crippen molar-refractivity contribution < 1.29 is 14.7 Å². The van der Waals surface area contributed by atoms with Gasteiger partial charge in [-0.25, -0.2) is 4.79 Å². The number of nitrogens with zero attached hydrogens (tertiary/aromatic N) is 1. The number of carbonyl (C=O) groups excluding carboxylic acids is 1. The fourth-order valence-electron chi connectivity index (χ4n) is 2.19. The summed E-state index contributed by atoms with van der Waals surface area (Å²) in [5.74, 6) is -1.01. The standard InChI is InChI=1S/C14H19NO3/c1-4-11-6-8-12(9-7-11)14(5-2,13(17)18)15(3)10-16/h6-10H,4-5H2,1-3H3,(H,17,18). The minimum Gasteiger partial charge on any atom is -0.479 e. The molecular weight excluding hydrogens is 230 g/mol. The van der Waals surface area contributed by atoms with E-state index in [9.17, 15) is 14.7 Å². The largest absolute Gasteiger partial charge is 0.479 e. The summed E-state index contributed by atoms with van der Waals surface area (Å²) in [5, 5.41) is 9.50. The van der Waals surface area contributed by atoms with Gasteiger partial charge < -0.3 is 10.0 Å². The molecule has 0 saturated carbocycles. The Morgan fingerprint density at radius 3 is 2.22 bits per heavy atom. The predicted octanol–water partition coefficient (Wildman–Crippen LogP) is 2.03. The first-order valence-corrected chi connectivity index (χ1v) is 6.04. The van der Waals surface area contributed by atoms with Gasteiger partial charge in [0.2, 0.25) is 6.41 Å². The molecule has 0 radical (unpaired) electrons. The molecule has 18 heavy (non-hydrogen) atoms. The van der Waals surface area contributed by atoms with Gasteiger partial charge in [-0.2, -0.15) is 0 Å². The van der Waals surface area contributed by atoms with Crippen LogP contribution in [0.5, 0.6) is 0 Å². The Labute approximate surface area is 107 Å². The first-order valence-electron chi connectivity index (χ1n) is 6.04. The van der Waals surface area contributed by atoms with Crippen molar-refractivity contribution in [1.82, 2.24) is 4.90 Å². The Bertz CT molecular complexity index is 427. The fourth-order valence-corrected chi connectivity index (χ4v) is 2.19. The molecule has 1 aromatic carbocycles. The summed E-state index contributed by atoms with van der Waals surface area (Å²) in [5.41, 5.74) is 0.487. The molecular formula is C14H19NO3. The lowest BCUT2D eigenvalue weighted by atomic mass is 9.85. The molecule has 1 amide bonds. The van der Waals surface area contributed by atoms with Crippen LogP contribution in [0.3, 0.4) is 0 Å². The van der Waals surface area contributed by atoms with Crippen LogP contribution in [0.2, 0.25) is 0 Å². The Kier molecular flexibility index (Phi) is 4.48. The van der Waals surface area contributed by atoms with Crippen LogP contribution in [0.15, 0.2) is 24.3 Å². The highest BCUT2D eigenvalue weighted by Crippen LogP contribution is 2.31. The molecule has 4 nitrogen and oxygen atoms in total. The highest BCUT2D eigenvalue weighted by molar-refractivity contribution is 5.83. The number of amides is 1. The number of rotatable bonds is 6. The van der Waals surface area contributed by atoms with Gasteiger partial charge in [0.15, 0.2) is 5.54 Å². The average molecular weight is 249 g/mol. The van der Waals surface area contributed by atoms with E-state index < -0.39 is 11.5 Å². The molecule has 4 heteroatoms. The van der Waals surface area contributed by atoms with Gasteiger partial charge in [-0.3, -0.25) is 4.79 Å². The molecule has 0 heterocycles. The summed E-state index contributed by atoms with van der Waals surface area (Å²) in [6.07, 6.45) is 1.78. The number of aliphatic carboxylic acids is 1. The van der Waals surface area contributed by atoms with Crippen molar-refractivity contribution in [2.24, 2.45) is 0 Å². The van der Waals surface area contributed by atoms with E-state index in [-0.39, 0.29) is 0 Å². The molecule has 1 unspecified atom stereocenters. The summed E-state index contributed by atoms with van der Waals surface area (Å²) in [6, 6.07) is 7.38. The monoisotopic (exact) mass is 249 g/mol. The van der Waals surface area contributed by atoms with Crippen LogP contribution in [0.4, 0.5) is 0 Å². The van der Waals surface area contributed by atoms with Crippen LogP contribution in [-0.2, 0) is 21.5 Å². The SMILES string of the molecule is CCc1ccc(C(CC)(C(=O)O)N(C)C=O)cc1. The number of hydrogen-bond acceptors (Lipinski definition) is 2. The maximum absolute atomic E-state index is 11.6. The van der Waals surface area contributed by atoms with Gasteiger partial charge in [0.05, 0.1) is 0 Å². The maximum Gasteiger partial charge on any atom is 0.334 e. The number of carboxylic acids is 1. The third kappa shape index (κ3) is 2.23. The average Bonchev–Trinajstić information content (AvgIpc) is 2.40. The Morgan fingerprint density at radius 1 is 1.33 bits per heavy atom. The van der Waals surface area contributed by atoms with Gasteiger partial charge in [0.25, 0.3) is 0 Å². The Morgan fingerprint density at radius 2 is 1.89 bits per heavy atom. The first kappa shape index (κ1) is 14.2. The molecule has 1 aromatic rings. The minimum absolute atomic E-state index is 0.322. The highest BCUT2D eigenvalue weighted by Gasteiger charge is 2.42. The molecule has 0 bridgehead atoms. The molecule has 0 saturated heterocycles. The third-order valence-corrected chi connectivity index (χ3v) is 3.47. The van der Waals surface area contributed by atoms with E-state index in [2.05, 4.69) is 0 Å². The number of benzene rings is 1. The third-order valence-electron chi connectivity index (χ3n) is 3.47. The number of likely N-dealkylation sites (N-methyl/N-ethyl adjacent to an activating group) is 1. The van der Waals surface area contributed by atoms with Crippen molar-refractivity contribution in [3.8, 4) is 0 Å². The van der Waals surface area contributed by atoms with E-state index in [1.54, 1.807) is 19.1 Å². The molecule has 0 aliphatic rings. The topological polar surface area (TPSA) is 57.6 Å². The number of aryl methyl sites for hydroxylation is 1. The van der Waals surface area contributed by atoms with E-state index in [0.717, 1.165) is 12.0 Å². The quantitative estimate of drug-likeness (QED) is 0.785. The van der Waals surface area contributed by atoms with E-state index in [1.165, 1.54) is 11.9 Å². The number of carboxylic acid groups (broad SMARTS) is 1. The summed E-state index contributed by atoms with van der Waals surface area (Å²) >= 11 is 0. The van der Waals surface area contributed by atoms with Crippen LogP contribution in [0, 0.1) is 0 Å². The second kappa shape index (κ2) is 5.67. The van der Waals surface area contributed by atoms with Crippen LogP contribution >= 0.6 is 0 Å². The smallest absolute Gasteiger partial charge is 0.334 e. The summed E-state index contributed by atoms with van der Waals surface area (Å²) in [4.78, 5) is 23.8. The zero-order chi connectivity index (χ0) is 13.8. The van der Waals surface area contributed by atoms with Crippen molar-refractivity contribution in [2.75, 3.05) is 7.05 Å². The predicted molar refractivity (Wildman–Crippen MR) is 69.3 cm³/mol. The molecule has 1 atom stereocenters. The van der Waals surface area contributed by atoms with Crippen LogP contribution in [0.1, 0.15) is 31.4 Å². The highest BCUT2D eigenvalue weighted by atomic mass is 16.4. The molecule has 0 aliphatic heterocycles. The van der Waals surface area contributed by atoms with E-state index in [4.69, 9.17) is 0 Å². The molecule has 0 aliphatic carbocycles. The van der Waals surface area contributed by atoms with Gasteiger partial charge in [-0.1, -0.05) is 38.1 Å². The van der Waals surface area contributed by atoms with Crippen LogP contribution in [0.25, 0.3) is 0 Å². The van der Waals surface area contributed by atoms with Crippen molar-refractivity contribution >= 4 is 12.4 Å². The van der Waals surface area contributed by atoms with Crippen molar-refractivity contribution in [2.45, 2.75) is 32.2 Å². The van der Waals surface area contributed by atoms with Gasteiger partial charge in [0, 0.05) is 7.05 Å². The summed E-state index contributed by atoms with van der Waals surface area (Å²) < 4.78 is 0. The summed E-state index contributed by atoms with van der Waals surface area (Å²) in [6.45, 7) is 3.80. The van der Waals surface area contributed by atoms with E-state index >= 15 is 0 Å². The molecule has 1 rings (SSSR count). The zero-order valence-corrected chi connectivity index (χ0v) is 11.0. The lowest BCUT2D eigenvalue weighted by Gasteiger charge is -2.35. The van der Waals surface area contributed by atoms with Gasteiger partial charge in [-0.15, -0.1) is 0 Å². The van der Waals surface area contributed by atoms with Crippen LogP contribution in [-0.4, -0.2) is 29.4 Å². The lowest BCUT2D eigenvalue weighted by Crippen LogP contribution is -2.49. The second-order valence-corrected chi connectivity index (χ2v) is 4.29. The van der Waals surface area contributed by atoms with E-state index in [1.807, 2.05) is 19.1 Å². The van der Waals surface area contributed by atoms with E-state index in [0.29, 0.717) is 18.4 Å². The van der Waals surface area contributed by atoms with Crippen molar-refractivity contribution in [3.05, 3.63) is 35.4 Å². The molecule has 98 valence electrons. The maximum atomic E-state index is 11.6. The Hall–Kier alpha value is -1.84. The van der Waals surface area contributed by atoms with Crippen molar-refractivity contribution in [1.29, 1.82) is 0 Å². The Balaban J connectivity index is 3.32. The lowest BCUT2D eigenvalue weighted by molar-refractivity contribution is -0.155. The second-order valence-electron chi connectivity index (χ2n) is 4.29. The van der Waals surface area contributed by atoms with Gasteiger partial charge in [0.1, 0.15) is 0 Å². The molecule has 1 N–H and O–H groups in total. The first-order chi connectivity index (χ1) is 8.52. The van der Waals surface area contributed by atoms with Crippen molar-refractivity contribution in [3.63, 3.8) is 0 Å². The number of hydrogen-bond donors (Lipinski definition) is 1. The fraction of sp³-hybridized carbons (Fsp3) is 0.429. The number of carbonyl (C=O) groups is 2. The minimum atomic E-state index is -1.28. The zero-order valence-electron chi connectivity index (χ0n) is 11.0. The van der Waals surface area contributed by atoms with Gasteiger partial charge >= 0.3 is 5.97 Å². The molecule has 0 aromatic heterocycles. The summed E-state index contributed by atoms with van der Waals surface area (Å²) in [7, 11) is 1.50. The molecule has 0 fully saturated rings. The van der Waals surface area contributed by atoms with Crippen LogP contribution < -0.4 is 0 Å². The normalized spacial score (nSPS) is 13.7.